The smallest absolute Gasteiger partial charge is 0.228 e. The van der Waals surface area contributed by atoms with Gasteiger partial charge in [-0.15, -0.1) is 0 Å². The lowest BCUT2D eigenvalue weighted by Crippen LogP contribution is -2.63. The maximum Gasteiger partial charge on any atom is 0.228 e. The number of rotatable bonds is 3. The highest BCUT2D eigenvalue weighted by Crippen LogP contribution is 2.60. The zero-order valence-corrected chi connectivity index (χ0v) is 15.6. The summed E-state index contributed by atoms with van der Waals surface area (Å²) in [5, 5.41) is -0.564. The Morgan fingerprint density at radius 1 is 0.962 bits per heavy atom. The average Bonchev–Trinajstić information content (AvgIpc) is 2.52. The molecule has 6 heteroatoms. The molecule has 0 aromatic heterocycles. The van der Waals surface area contributed by atoms with E-state index in [4.69, 9.17) is 0 Å². The summed E-state index contributed by atoms with van der Waals surface area (Å²) in [5.41, 5.74) is -0.209. The summed E-state index contributed by atoms with van der Waals surface area (Å²) in [6, 6.07) is 4.97. The third-order valence-electron chi connectivity index (χ3n) is 7.21. The van der Waals surface area contributed by atoms with Crippen LogP contribution in [0.25, 0.3) is 0 Å². The van der Waals surface area contributed by atoms with Crippen molar-refractivity contribution in [1.82, 2.24) is 4.90 Å². The quantitative estimate of drug-likeness (QED) is 0.761. The van der Waals surface area contributed by atoms with Crippen LogP contribution in [0.2, 0.25) is 0 Å². The van der Waals surface area contributed by atoms with Gasteiger partial charge in [0, 0.05) is 13.1 Å². The molecule has 0 atom stereocenters. The van der Waals surface area contributed by atoms with Gasteiger partial charge < -0.3 is 4.90 Å². The van der Waals surface area contributed by atoms with Crippen LogP contribution < -0.4 is 0 Å². The van der Waals surface area contributed by atoms with Crippen LogP contribution in [-0.4, -0.2) is 37.6 Å². The van der Waals surface area contributed by atoms with E-state index in [0.717, 1.165) is 19.3 Å². The third kappa shape index (κ3) is 2.44. The van der Waals surface area contributed by atoms with E-state index in [1.165, 1.54) is 43.5 Å². The van der Waals surface area contributed by atoms with Crippen molar-refractivity contribution in [3.05, 3.63) is 30.1 Å². The number of carbonyl (C=O) groups excluding carboxylic acids is 1. The first kappa shape index (κ1) is 16.7. The summed E-state index contributed by atoms with van der Waals surface area (Å²) in [4.78, 5) is 15.1. The predicted molar refractivity (Wildman–Crippen MR) is 94.6 cm³/mol. The first-order valence-electron chi connectivity index (χ1n) is 9.65. The molecule has 4 bridgehead atoms. The summed E-state index contributed by atoms with van der Waals surface area (Å²) >= 11 is 0. The summed E-state index contributed by atoms with van der Waals surface area (Å²) in [7, 11) is -3.50. The third-order valence-corrected chi connectivity index (χ3v) is 9.31. The number of sulfone groups is 1. The minimum Gasteiger partial charge on any atom is -0.339 e. The number of carbonyl (C=O) groups is 1. The topological polar surface area (TPSA) is 54.5 Å². The van der Waals surface area contributed by atoms with Crippen LogP contribution in [0.1, 0.15) is 38.5 Å². The number of hydrogen-bond acceptors (Lipinski definition) is 3. The fraction of sp³-hybridized carbons (Fsp3) is 0.650. The maximum atomic E-state index is 13.2. The molecule has 0 spiro atoms. The van der Waals surface area contributed by atoms with Gasteiger partial charge in [0.05, 0.1) is 10.3 Å². The fourth-order valence-electron chi connectivity index (χ4n) is 6.32. The largest absolute Gasteiger partial charge is 0.339 e. The van der Waals surface area contributed by atoms with Crippen molar-refractivity contribution in [2.24, 2.45) is 23.2 Å². The maximum absolute atomic E-state index is 13.2. The van der Waals surface area contributed by atoms with Gasteiger partial charge in [0.15, 0.2) is 9.84 Å². The van der Waals surface area contributed by atoms with E-state index < -0.39 is 20.9 Å². The van der Waals surface area contributed by atoms with Crippen molar-refractivity contribution in [2.75, 3.05) is 13.1 Å². The van der Waals surface area contributed by atoms with Crippen molar-refractivity contribution in [2.45, 2.75) is 48.7 Å². The summed E-state index contributed by atoms with van der Waals surface area (Å²) < 4.78 is 38.4. The monoisotopic (exact) mass is 377 g/mol. The van der Waals surface area contributed by atoms with Gasteiger partial charge in [-0.1, -0.05) is 0 Å². The Bertz CT molecular complexity index is 807. The normalized spacial score (nSPS) is 36.2. The zero-order chi connectivity index (χ0) is 18.1. The van der Waals surface area contributed by atoms with Crippen LogP contribution in [0.3, 0.4) is 0 Å². The van der Waals surface area contributed by atoms with Crippen LogP contribution in [0.4, 0.5) is 4.39 Å². The molecule has 4 nitrogen and oxygen atoms in total. The highest BCUT2D eigenvalue weighted by atomic mass is 32.2. The number of amides is 1. The molecule has 0 unspecified atom stereocenters. The van der Waals surface area contributed by atoms with Gasteiger partial charge in [-0.05, 0) is 80.5 Å². The van der Waals surface area contributed by atoms with Crippen LogP contribution >= 0.6 is 0 Å². The molecule has 0 N–H and O–H groups in total. The molecule has 1 amide bonds. The first-order valence-corrected chi connectivity index (χ1v) is 11.2. The van der Waals surface area contributed by atoms with Crippen molar-refractivity contribution in [3.63, 3.8) is 0 Å². The highest BCUT2D eigenvalue weighted by molar-refractivity contribution is 7.92. The summed E-state index contributed by atoms with van der Waals surface area (Å²) in [6.07, 6.45) is 6.87. The van der Waals surface area contributed by atoms with Gasteiger partial charge >= 0.3 is 0 Å². The lowest BCUT2D eigenvalue weighted by Gasteiger charge is -2.57. The predicted octanol–water partition coefficient (Wildman–Crippen LogP) is 3.03. The van der Waals surface area contributed by atoms with Crippen molar-refractivity contribution in [1.29, 1.82) is 0 Å². The zero-order valence-electron chi connectivity index (χ0n) is 14.7. The number of nitrogens with zero attached hydrogens (tertiary/aromatic N) is 1. The molecule has 1 heterocycles. The van der Waals surface area contributed by atoms with Gasteiger partial charge in [0.2, 0.25) is 5.91 Å². The molecule has 1 aliphatic heterocycles. The van der Waals surface area contributed by atoms with Crippen LogP contribution in [-0.2, 0) is 14.6 Å². The van der Waals surface area contributed by atoms with E-state index in [9.17, 15) is 17.6 Å². The summed E-state index contributed by atoms with van der Waals surface area (Å²) in [6.45, 7) is 0.556. The lowest BCUT2D eigenvalue weighted by atomic mass is 9.49. The van der Waals surface area contributed by atoms with Crippen LogP contribution in [0.5, 0.6) is 0 Å². The molecule has 26 heavy (non-hydrogen) atoms. The minimum absolute atomic E-state index is 0.144. The molecular weight excluding hydrogens is 353 g/mol. The van der Waals surface area contributed by atoms with Gasteiger partial charge in [-0.3, -0.25) is 4.79 Å². The molecule has 1 aromatic carbocycles. The van der Waals surface area contributed by atoms with Gasteiger partial charge in [0.25, 0.3) is 0 Å². The molecule has 140 valence electrons. The van der Waals surface area contributed by atoms with Crippen molar-refractivity contribution in [3.8, 4) is 0 Å². The first-order chi connectivity index (χ1) is 12.4. The highest BCUT2D eigenvalue weighted by Gasteiger charge is 2.57. The molecular formula is C20H24FNO3S. The number of likely N-dealkylation sites (tertiary alicyclic amines) is 1. The Morgan fingerprint density at radius 2 is 1.46 bits per heavy atom. The second kappa shape index (κ2) is 5.54. The van der Waals surface area contributed by atoms with Crippen LogP contribution in [0, 0.1) is 29.0 Å². The molecule has 1 saturated heterocycles. The molecule has 6 rings (SSSR count). The SMILES string of the molecule is O=C(N1CC(S(=O)(=O)c2ccc(F)cc2)C1)C12CC3CC(CC(C3)C1)C2. The van der Waals surface area contributed by atoms with Gasteiger partial charge in [0.1, 0.15) is 11.1 Å². The number of hydrogen-bond donors (Lipinski definition) is 0. The number of halogens is 1. The van der Waals surface area contributed by atoms with E-state index in [2.05, 4.69) is 0 Å². The molecule has 1 aromatic rings. The second-order valence-corrected chi connectivity index (χ2v) is 11.3. The minimum atomic E-state index is -3.50. The van der Waals surface area contributed by atoms with E-state index in [1.54, 1.807) is 4.90 Å². The molecule has 0 radical (unpaired) electrons. The lowest BCUT2D eigenvalue weighted by molar-refractivity contribution is -0.161. The van der Waals surface area contributed by atoms with Crippen molar-refractivity contribution >= 4 is 15.7 Å². The van der Waals surface area contributed by atoms with E-state index in [-0.39, 0.29) is 29.3 Å². The summed E-state index contributed by atoms with van der Waals surface area (Å²) in [5.74, 6) is 1.85. The Kier molecular flexibility index (Phi) is 3.56. The Balaban J connectivity index is 1.29. The Hall–Kier alpha value is -1.43. The molecule has 5 fully saturated rings. The molecule has 4 saturated carbocycles. The molecule has 4 aliphatic carbocycles. The standard InChI is InChI=1S/C20H24FNO3S/c21-16-1-3-17(4-2-16)26(24,25)18-11-22(12-18)19(23)20-8-13-5-14(9-20)7-15(6-13)10-20/h1-4,13-15,18H,5-12H2. The van der Waals surface area contributed by atoms with Crippen molar-refractivity contribution < 1.29 is 17.6 Å². The Labute approximate surface area is 153 Å². The average molecular weight is 377 g/mol. The second-order valence-electron chi connectivity index (χ2n) is 9.03. The van der Waals surface area contributed by atoms with Gasteiger partial charge in [-0.2, -0.15) is 0 Å². The molecule has 5 aliphatic rings. The van der Waals surface area contributed by atoms with E-state index in [1.807, 2.05) is 0 Å². The number of benzene rings is 1. The van der Waals surface area contributed by atoms with E-state index >= 15 is 0 Å². The Morgan fingerprint density at radius 3 is 1.96 bits per heavy atom. The van der Waals surface area contributed by atoms with E-state index in [0.29, 0.717) is 17.8 Å². The van der Waals surface area contributed by atoms with Gasteiger partial charge in [-0.25, -0.2) is 12.8 Å². The fourth-order valence-corrected chi connectivity index (χ4v) is 7.98. The van der Waals surface area contributed by atoms with Crippen LogP contribution in [0.15, 0.2) is 29.2 Å².